The summed E-state index contributed by atoms with van der Waals surface area (Å²) < 4.78 is 0. The van der Waals surface area contributed by atoms with Crippen molar-refractivity contribution in [2.24, 2.45) is 5.10 Å². The standard InChI is InChI=1S/C18H19Cl2N3O2/c1-3-23(4-2)14-7-5-12(17(24)10-14)11-21-22-18(25)15-8-6-13(19)9-16(15)20/h5-11,24H,3-4H2,1-2H3,(H,22,25). The Balaban J connectivity index is 2.08. The fourth-order valence-electron chi connectivity index (χ4n) is 2.32. The SMILES string of the molecule is CCN(CC)c1ccc(C=NNC(=O)c2ccc(Cl)cc2Cl)c(O)c1. The van der Waals surface area contributed by atoms with Gasteiger partial charge in [-0.15, -0.1) is 0 Å². The molecule has 0 spiro atoms. The Morgan fingerprint density at radius 3 is 2.52 bits per heavy atom. The van der Waals surface area contributed by atoms with Crippen LogP contribution in [0.25, 0.3) is 0 Å². The zero-order valence-corrected chi connectivity index (χ0v) is 15.5. The largest absolute Gasteiger partial charge is 0.507 e. The first-order valence-corrected chi connectivity index (χ1v) is 8.58. The Bertz CT molecular complexity index is 790. The highest BCUT2D eigenvalue weighted by Crippen LogP contribution is 2.24. The first kappa shape index (κ1) is 19.1. The van der Waals surface area contributed by atoms with Gasteiger partial charge in [0.25, 0.3) is 5.91 Å². The molecular formula is C18H19Cl2N3O2. The molecule has 0 fully saturated rings. The van der Waals surface area contributed by atoms with Gasteiger partial charge in [-0.3, -0.25) is 4.79 Å². The number of amides is 1. The van der Waals surface area contributed by atoms with Crippen LogP contribution >= 0.6 is 23.2 Å². The predicted octanol–water partition coefficient (Wildman–Crippen LogP) is 4.31. The van der Waals surface area contributed by atoms with Gasteiger partial charge >= 0.3 is 0 Å². The molecule has 0 bridgehead atoms. The number of aromatic hydroxyl groups is 1. The van der Waals surface area contributed by atoms with E-state index in [2.05, 4.69) is 15.4 Å². The molecule has 7 heteroatoms. The maximum Gasteiger partial charge on any atom is 0.272 e. The van der Waals surface area contributed by atoms with E-state index in [1.54, 1.807) is 18.2 Å². The van der Waals surface area contributed by atoms with E-state index in [4.69, 9.17) is 23.2 Å². The Kier molecular flexibility index (Phi) is 6.67. The molecule has 0 unspecified atom stereocenters. The molecule has 2 N–H and O–H groups in total. The highest BCUT2D eigenvalue weighted by Gasteiger charge is 2.10. The van der Waals surface area contributed by atoms with Crippen LogP contribution < -0.4 is 10.3 Å². The van der Waals surface area contributed by atoms with Gasteiger partial charge in [-0.25, -0.2) is 5.43 Å². The number of nitrogens with one attached hydrogen (secondary N) is 1. The van der Waals surface area contributed by atoms with Crippen molar-refractivity contribution >= 4 is 41.0 Å². The molecule has 2 rings (SSSR count). The first-order chi connectivity index (χ1) is 12.0. The predicted molar refractivity (Wildman–Crippen MR) is 103 cm³/mol. The lowest BCUT2D eigenvalue weighted by Crippen LogP contribution is -2.21. The topological polar surface area (TPSA) is 64.9 Å². The zero-order valence-electron chi connectivity index (χ0n) is 14.0. The number of anilines is 1. The van der Waals surface area contributed by atoms with Crippen molar-refractivity contribution in [1.82, 2.24) is 5.43 Å². The molecule has 0 heterocycles. The Hall–Kier alpha value is -2.24. The molecule has 1 amide bonds. The molecule has 0 atom stereocenters. The Morgan fingerprint density at radius 2 is 1.92 bits per heavy atom. The summed E-state index contributed by atoms with van der Waals surface area (Å²) in [4.78, 5) is 14.2. The number of nitrogens with zero attached hydrogens (tertiary/aromatic N) is 2. The van der Waals surface area contributed by atoms with E-state index in [0.29, 0.717) is 10.6 Å². The number of carbonyl (C=O) groups excluding carboxylic acids is 1. The van der Waals surface area contributed by atoms with Gasteiger partial charge in [0.1, 0.15) is 5.75 Å². The van der Waals surface area contributed by atoms with Crippen molar-refractivity contribution in [2.45, 2.75) is 13.8 Å². The van der Waals surface area contributed by atoms with E-state index < -0.39 is 5.91 Å². The van der Waals surface area contributed by atoms with Gasteiger partial charge < -0.3 is 10.0 Å². The molecule has 0 saturated carbocycles. The number of phenolic OH excluding ortho intramolecular Hbond substituents is 1. The van der Waals surface area contributed by atoms with Crippen LogP contribution in [0.2, 0.25) is 10.0 Å². The maximum absolute atomic E-state index is 12.1. The van der Waals surface area contributed by atoms with Crippen LogP contribution in [0.1, 0.15) is 29.8 Å². The van der Waals surface area contributed by atoms with Gasteiger partial charge in [-0.2, -0.15) is 5.10 Å². The maximum atomic E-state index is 12.1. The molecule has 2 aromatic rings. The minimum Gasteiger partial charge on any atom is -0.507 e. The molecule has 0 aliphatic heterocycles. The molecule has 0 aliphatic rings. The third-order valence-electron chi connectivity index (χ3n) is 3.69. The highest BCUT2D eigenvalue weighted by molar-refractivity contribution is 6.36. The number of carbonyl (C=O) groups is 1. The van der Waals surface area contributed by atoms with E-state index in [-0.39, 0.29) is 16.3 Å². The summed E-state index contributed by atoms with van der Waals surface area (Å²) in [6, 6.07) is 9.89. The summed E-state index contributed by atoms with van der Waals surface area (Å²) in [6.07, 6.45) is 1.38. The number of halogens is 2. The van der Waals surface area contributed by atoms with Crippen LogP contribution in [-0.4, -0.2) is 30.3 Å². The number of hydrogen-bond acceptors (Lipinski definition) is 4. The second-order valence-corrected chi connectivity index (χ2v) is 6.08. The quantitative estimate of drug-likeness (QED) is 0.580. The molecule has 132 valence electrons. The second kappa shape index (κ2) is 8.74. The summed E-state index contributed by atoms with van der Waals surface area (Å²) in [6.45, 7) is 5.79. The summed E-state index contributed by atoms with van der Waals surface area (Å²) in [5, 5.41) is 14.7. The molecule has 0 aromatic heterocycles. The molecule has 5 nitrogen and oxygen atoms in total. The van der Waals surface area contributed by atoms with Gasteiger partial charge in [0.2, 0.25) is 0 Å². The first-order valence-electron chi connectivity index (χ1n) is 7.82. The fourth-order valence-corrected chi connectivity index (χ4v) is 2.82. The van der Waals surface area contributed by atoms with Gasteiger partial charge in [0.15, 0.2) is 0 Å². The highest BCUT2D eigenvalue weighted by atomic mass is 35.5. The van der Waals surface area contributed by atoms with Crippen LogP contribution in [0.15, 0.2) is 41.5 Å². The zero-order chi connectivity index (χ0) is 18.4. The second-order valence-electron chi connectivity index (χ2n) is 5.24. The van der Waals surface area contributed by atoms with E-state index in [0.717, 1.165) is 18.8 Å². The third kappa shape index (κ3) is 4.87. The van der Waals surface area contributed by atoms with Crippen LogP contribution in [-0.2, 0) is 0 Å². The van der Waals surface area contributed by atoms with Gasteiger partial charge in [-0.1, -0.05) is 23.2 Å². The van der Waals surface area contributed by atoms with Crippen LogP contribution in [0.4, 0.5) is 5.69 Å². The number of hydrazone groups is 1. The van der Waals surface area contributed by atoms with Crippen LogP contribution in [0, 0.1) is 0 Å². The lowest BCUT2D eigenvalue weighted by molar-refractivity contribution is 0.0955. The average molecular weight is 380 g/mol. The minimum absolute atomic E-state index is 0.0897. The molecule has 0 aliphatic carbocycles. The Morgan fingerprint density at radius 1 is 1.20 bits per heavy atom. The normalized spacial score (nSPS) is 10.9. The molecule has 2 aromatic carbocycles. The molecule has 0 radical (unpaired) electrons. The summed E-state index contributed by atoms with van der Waals surface area (Å²) in [5.41, 5.74) is 4.07. The lowest BCUT2D eigenvalue weighted by atomic mass is 10.2. The van der Waals surface area contributed by atoms with Crippen molar-refractivity contribution < 1.29 is 9.90 Å². The summed E-state index contributed by atoms with van der Waals surface area (Å²) >= 11 is 11.8. The van der Waals surface area contributed by atoms with Crippen molar-refractivity contribution in [3.63, 3.8) is 0 Å². The molecule has 25 heavy (non-hydrogen) atoms. The van der Waals surface area contributed by atoms with Gasteiger partial charge in [0, 0.05) is 35.4 Å². The smallest absolute Gasteiger partial charge is 0.272 e. The molecule has 0 saturated heterocycles. The lowest BCUT2D eigenvalue weighted by Gasteiger charge is -2.21. The van der Waals surface area contributed by atoms with Gasteiger partial charge in [0.05, 0.1) is 16.8 Å². The number of phenols is 1. The van der Waals surface area contributed by atoms with Crippen LogP contribution in [0.3, 0.4) is 0 Å². The Labute approximate surface area is 156 Å². The van der Waals surface area contributed by atoms with Crippen LogP contribution in [0.5, 0.6) is 5.75 Å². The van der Waals surface area contributed by atoms with E-state index in [1.165, 1.54) is 18.3 Å². The minimum atomic E-state index is -0.461. The summed E-state index contributed by atoms with van der Waals surface area (Å²) in [7, 11) is 0. The van der Waals surface area contributed by atoms with Gasteiger partial charge in [-0.05, 0) is 44.2 Å². The average Bonchev–Trinajstić information content (AvgIpc) is 2.57. The van der Waals surface area contributed by atoms with Crippen molar-refractivity contribution in [2.75, 3.05) is 18.0 Å². The van der Waals surface area contributed by atoms with E-state index in [9.17, 15) is 9.90 Å². The van der Waals surface area contributed by atoms with E-state index >= 15 is 0 Å². The number of rotatable bonds is 6. The van der Waals surface area contributed by atoms with E-state index in [1.807, 2.05) is 19.9 Å². The van der Waals surface area contributed by atoms with Crippen molar-refractivity contribution in [1.29, 1.82) is 0 Å². The monoisotopic (exact) mass is 379 g/mol. The van der Waals surface area contributed by atoms with Crippen molar-refractivity contribution in [3.05, 3.63) is 57.6 Å². The fraction of sp³-hybridized carbons (Fsp3) is 0.222. The number of hydrogen-bond donors (Lipinski definition) is 2. The summed E-state index contributed by atoms with van der Waals surface area (Å²) in [5.74, 6) is -0.371. The third-order valence-corrected chi connectivity index (χ3v) is 4.24. The number of benzene rings is 2. The molecular weight excluding hydrogens is 361 g/mol. The van der Waals surface area contributed by atoms with Crippen molar-refractivity contribution in [3.8, 4) is 5.75 Å².